The van der Waals surface area contributed by atoms with Gasteiger partial charge in [0.2, 0.25) is 0 Å². The summed E-state index contributed by atoms with van der Waals surface area (Å²) in [6.07, 6.45) is 1.03. The number of fused-ring (bicyclic) bond motifs is 1. The smallest absolute Gasteiger partial charge is 0.321 e. The third-order valence-electron chi connectivity index (χ3n) is 3.44. The Morgan fingerprint density at radius 3 is 2.89 bits per heavy atom. The lowest BCUT2D eigenvalue weighted by molar-refractivity contribution is 0.217. The molecule has 1 heterocycles. The van der Waals surface area contributed by atoms with Crippen molar-refractivity contribution in [2.45, 2.75) is 26.8 Å². The first-order valence-corrected chi connectivity index (χ1v) is 6.63. The average Bonchev–Trinajstić information content (AvgIpc) is 2.40. The fourth-order valence-electron chi connectivity index (χ4n) is 2.34. The maximum Gasteiger partial charge on any atom is 0.321 e. The normalized spacial score (nSPS) is 13.9. The van der Waals surface area contributed by atoms with E-state index in [0.29, 0.717) is 0 Å². The molecule has 0 unspecified atom stereocenters. The molecular formula is C14H21N3O. The average molecular weight is 247 g/mol. The second kappa shape index (κ2) is 5.87. The van der Waals surface area contributed by atoms with Crippen LogP contribution in [0.5, 0.6) is 0 Å². The molecule has 0 aliphatic carbocycles. The van der Waals surface area contributed by atoms with Crippen LogP contribution in [0.25, 0.3) is 0 Å². The molecule has 0 bridgehead atoms. The number of nitrogens with one attached hydrogen (secondary N) is 2. The Kier molecular flexibility index (Phi) is 4.20. The lowest BCUT2D eigenvalue weighted by atomic mass is 9.99. The first-order chi connectivity index (χ1) is 8.76. The van der Waals surface area contributed by atoms with Gasteiger partial charge >= 0.3 is 6.03 Å². The van der Waals surface area contributed by atoms with E-state index in [0.717, 1.165) is 38.3 Å². The van der Waals surface area contributed by atoms with Crippen LogP contribution in [-0.2, 0) is 13.0 Å². The number of carbonyl (C=O) groups excluding carboxylic acids is 1. The molecule has 4 nitrogen and oxygen atoms in total. The van der Waals surface area contributed by atoms with Crippen LogP contribution in [0.2, 0.25) is 0 Å². The van der Waals surface area contributed by atoms with Gasteiger partial charge in [-0.1, -0.05) is 12.1 Å². The highest BCUT2D eigenvalue weighted by Crippen LogP contribution is 2.23. The van der Waals surface area contributed by atoms with Gasteiger partial charge in [-0.15, -0.1) is 0 Å². The first kappa shape index (κ1) is 12.9. The van der Waals surface area contributed by atoms with Gasteiger partial charge < -0.3 is 15.5 Å². The van der Waals surface area contributed by atoms with Crippen LogP contribution in [0.3, 0.4) is 0 Å². The summed E-state index contributed by atoms with van der Waals surface area (Å²) >= 11 is 0. The van der Waals surface area contributed by atoms with E-state index in [-0.39, 0.29) is 6.03 Å². The van der Waals surface area contributed by atoms with Gasteiger partial charge in [0, 0.05) is 25.3 Å². The molecule has 2 rings (SSSR count). The fourth-order valence-corrected chi connectivity index (χ4v) is 2.34. The summed E-state index contributed by atoms with van der Waals surface area (Å²) in [5.74, 6) is 0. The van der Waals surface area contributed by atoms with Crippen molar-refractivity contribution in [2.24, 2.45) is 0 Å². The van der Waals surface area contributed by atoms with Crippen molar-refractivity contribution in [3.05, 3.63) is 29.3 Å². The van der Waals surface area contributed by atoms with Crippen molar-refractivity contribution >= 4 is 11.7 Å². The van der Waals surface area contributed by atoms with Crippen LogP contribution in [0, 0.1) is 0 Å². The van der Waals surface area contributed by atoms with Gasteiger partial charge in [0.15, 0.2) is 0 Å². The summed E-state index contributed by atoms with van der Waals surface area (Å²) in [5.41, 5.74) is 3.51. The molecule has 2 N–H and O–H groups in total. The Hall–Kier alpha value is -1.55. The number of urea groups is 1. The highest BCUT2D eigenvalue weighted by molar-refractivity contribution is 5.90. The molecular weight excluding hydrogens is 226 g/mol. The minimum Gasteiger partial charge on any atom is -0.325 e. The molecule has 98 valence electrons. The SMILES string of the molecule is CCN(CC)C(=O)Nc1cccc2c1CNCC2. The molecule has 0 saturated heterocycles. The first-order valence-electron chi connectivity index (χ1n) is 6.63. The molecule has 4 heteroatoms. The molecule has 0 radical (unpaired) electrons. The number of hydrogen-bond donors (Lipinski definition) is 2. The minimum atomic E-state index is -0.0148. The largest absolute Gasteiger partial charge is 0.325 e. The van der Waals surface area contributed by atoms with Crippen molar-refractivity contribution < 1.29 is 4.79 Å². The zero-order valence-electron chi connectivity index (χ0n) is 11.1. The molecule has 1 aromatic rings. The number of amides is 2. The van der Waals surface area contributed by atoms with E-state index < -0.39 is 0 Å². The standard InChI is InChI=1S/C14H21N3O/c1-3-17(4-2)14(18)16-13-7-5-6-11-8-9-15-10-12(11)13/h5-7,15H,3-4,8-10H2,1-2H3,(H,16,18). The van der Waals surface area contributed by atoms with Gasteiger partial charge in [-0.05, 0) is 44.0 Å². The fraction of sp³-hybridized carbons (Fsp3) is 0.500. The second-order valence-electron chi connectivity index (χ2n) is 4.47. The predicted molar refractivity (Wildman–Crippen MR) is 73.8 cm³/mol. The highest BCUT2D eigenvalue weighted by atomic mass is 16.2. The monoisotopic (exact) mass is 247 g/mol. The van der Waals surface area contributed by atoms with Crippen molar-refractivity contribution in [2.75, 3.05) is 25.0 Å². The minimum absolute atomic E-state index is 0.0148. The van der Waals surface area contributed by atoms with E-state index in [4.69, 9.17) is 0 Å². The van der Waals surface area contributed by atoms with Gasteiger partial charge in [0.05, 0.1) is 0 Å². The van der Waals surface area contributed by atoms with E-state index in [1.807, 2.05) is 26.0 Å². The number of hydrogen-bond acceptors (Lipinski definition) is 2. The third kappa shape index (κ3) is 2.64. The summed E-state index contributed by atoms with van der Waals surface area (Å²) in [4.78, 5) is 13.8. The van der Waals surface area contributed by atoms with E-state index in [2.05, 4.69) is 16.7 Å². The van der Waals surface area contributed by atoms with E-state index in [1.165, 1.54) is 11.1 Å². The summed E-state index contributed by atoms with van der Waals surface area (Å²) in [7, 11) is 0. The predicted octanol–water partition coefficient (Wildman–Crippen LogP) is 2.21. The van der Waals surface area contributed by atoms with Crippen molar-refractivity contribution in [3.63, 3.8) is 0 Å². The molecule has 2 amide bonds. The van der Waals surface area contributed by atoms with Crippen molar-refractivity contribution in [3.8, 4) is 0 Å². The maximum absolute atomic E-state index is 12.1. The Balaban J connectivity index is 2.16. The second-order valence-corrected chi connectivity index (χ2v) is 4.47. The molecule has 1 aliphatic heterocycles. The van der Waals surface area contributed by atoms with Gasteiger partial charge in [-0.3, -0.25) is 0 Å². The highest BCUT2D eigenvalue weighted by Gasteiger charge is 2.15. The van der Waals surface area contributed by atoms with Gasteiger partial charge in [-0.25, -0.2) is 4.79 Å². The number of rotatable bonds is 3. The maximum atomic E-state index is 12.1. The third-order valence-corrected chi connectivity index (χ3v) is 3.44. The van der Waals surface area contributed by atoms with Crippen LogP contribution in [-0.4, -0.2) is 30.6 Å². The Morgan fingerprint density at radius 1 is 1.39 bits per heavy atom. The van der Waals surface area contributed by atoms with Crippen LogP contribution in [0.4, 0.5) is 10.5 Å². The molecule has 0 fully saturated rings. The molecule has 0 atom stereocenters. The van der Waals surface area contributed by atoms with Gasteiger partial charge in [0.25, 0.3) is 0 Å². The topological polar surface area (TPSA) is 44.4 Å². The molecule has 18 heavy (non-hydrogen) atoms. The van der Waals surface area contributed by atoms with Gasteiger partial charge in [-0.2, -0.15) is 0 Å². The molecule has 1 aromatic carbocycles. The molecule has 0 aromatic heterocycles. The van der Waals surface area contributed by atoms with Crippen LogP contribution in [0.1, 0.15) is 25.0 Å². The van der Waals surface area contributed by atoms with E-state index in [1.54, 1.807) is 4.90 Å². The molecule has 0 saturated carbocycles. The summed E-state index contributed by atoms with van der Waals surface area (Å²) in [6.45, 7) is 7.30. The van der Waals surface area contributed by atoms with Crippen molar-refractivity contribution in [1.82, 2.24) is 10.2 Å². The number of benzene rings is 1. The van der Waals surface area contributed by atoms with E-state index >= 15 is 0 Å². The summed E-state index contributed by atoms with van der Waals surface area (Å²) < 4.78 is 0. The summed E-state index contributed by atoms with van der Waals surface area (Å²) in [6, 6.07) is 6.12. The molecule has 0 spiro atoms. The zero-order chi connectivity index (χ0) is 13.0. The lowest BCUT2D eigenvalue weighted by Gasteiger charge is -2.23. The quantitative estimate of drug-likeness (QED) is 0.860. The van der Waals surface area contributed by atoms with Crippen LogP contribution >= 0.6 is 0 Å². The Morgan fingerprint density at radius 2 is 2.17 bits per heavy atom. The van der Waals surface area contributed by atoms with Crippen molar-refractivity contribution in [1.29, 1.82) is 0 Å². The lowest BCUT2D eigenvalue weighted by Crippen LogP contribution is -2.35. The van der Waals surface area contributed by atoms with Gasteiger partial charge in [0.1, 0.15) is 0 Å². The molecule has 1 aliphatic rings. The number of nitrogens with zero attached hydrogens (tertiary/aromatic N) is 1. The number of anilines is 1. The Labute approximate surface area is 108 Å². The summed E-state index contributed by atoms with van der Waals surface area (Å²) in [5, 5.41) is 6.37. The zero-order valence-corrected chi connectivity index (χ0v) is 11.1. The number of carbonyl (C=O) groups is 1. The van der Waals surface area contributed by atoms with Crippen LogP contribution < -0.4 is 10.6 Å². The Bertz CT molecular complexity index is 427. The van der Waals surface area contributed by atoms with Crippen LogP contribution in [0.15, 0.2) is 18.2 Å². The van der Waals surface area contributed by atoms with E-state index in [9.17, 15) is 4.79 Å².